The van der Waals surface area contributed by atoms with Crippen LogP contribution in [0.15, 0.2) is 0 Å². The van der Waals surface area contributed by atoms with E-state index in [-0.39, 0.29) is 0 Å². The van der Waals surface area contributed by atoms with Crippen molar-refractivity contribution in [1.82, 2.24) is 10.6 Å². The molecule has 4 bridgehead atoms. The Hall–Kier alpha value is -0.570. The van der Waals surface area contributed by atoms with Crippen molar-refractivity contribution in [3.8, 4) is 0 Å². The van der Waals surface area contributed by atoms with Gasteiger partial charge >= 0.3 is 0 Å². The van der Waals surface area contributed by atoms with E-state index in [2.05, 4.69) is 10.6 Å². The van der Waals surface area contributed by atoms with E-state index in [1.807, 2.05) is 0 Å². The van der Waals surface area contributed by atoms with Crippen LogP contribution >= 0.6 is 0 Å². The van der Waals surface area contributed by atoms with E-state index in [4.69, 9.17) is 0 Å². The van der Waals surface area contributed by atoms with E-state index in [0.717, 1.165) is 43.7 Å². The first-order valence-corrected chi connectivity index (χ1v) is 9.71. The summed E-state index contributed by atoms with van der Waals surface area (Å²) in [6.45, 7) is 2.02. The van der Waals surface area contributed by atoms with Gasteiger partial charge in [0.15, 0.2) is 0 Å². The van der Waals surface area contributed by atoms with Crippen LogP contribution in [-0.2, 0) is 4.79 Å². The lowest BCUT2D eigenvalue weighted by molar-refractivity contribution is -0.129. The summed E-state index contributed by atoms with van der Waals surface area (Å²) in [5.41, 5.74) is 0.391. The summed E-state index contributed by atoms with van der Waals surface area (Å²) in [6.07, 6.45) is 14.3. The lowest BCUT2D eigenvalue weighted by Gasteiger charge is -2.56. The number of hydrogen-bond acceptors (Lipinski definition) is 2. The van der Waals surface area contributed by atoms with Gasteiger partial charge in [0.1, 0.15) is 0 Å². The zero-order chi connectivity index (χ0) is 15.0. The molecule has 1 atom stereocenters. The zero-order valence-electron chi connectivity index (χ0n) is 13.9. The lowest BCUT2D eigenvalue weighted by Crippen LogP contribution is -2.48. The van der Waals surface area contributed by atoms with Crippen LogP contribution in [0.4, 0.5) is 0 Å². The first-order valence-electron chi connectivity index (χ1n) is 9.71. The third kappa shape index (κ3) is 3.20. The van der Waals surface area contributed by atoms with Crippen molar-refractivity contribution in [1.29, 1.82) is 0 Å². The average molecular weight is 304 g/mol. The molecule has 5 aliphatic rings. The minimum Gasteiger partial charge on any atom is -0.356 e. The van der Waals surface area contributed by atoms with Crippen LogP contribution in [-0.4, -0.2) is 25.0 Å². The first kappa shape index (κ1) is 15.0. The molecule has 1 unspecified atom stereocenters. The van der Waals surface area contributed by atoms with Gasteiger partial charge in [-0.2, -0.15) is 0 Å². The lowest BCUT2D eigenvalue weighted by atomic mass is 9.49. The maximum Gasteiger partial charge on any atom is 0.220 e. The quantitative estimate of drug-likeness (QED) is 0.818. The number of carbonyl (C=O) groups is 1. The van der Waals surface area contributed by atoms with Gasteiger partial charge < -0.3 is 10.6 Å². The van der Waals surface area contributed by atoms with E-state index in [1.165, 1.54) is 57.8 Å². The van der Waals surface area contributed by atoms with Crippen molar-refractivity contribution < 1.29 is 4.79 Å². The molecule has 0 radical (unpaired) electrons. The average Bonchev–Trinajstić information content (AvgIpc) is 2.46. The molecule has 4 saturated carbocycles. The van der Waals surface area contributed by atoms with Gasteiger partial charge in [-0.1, -0.05) is 6.42 Å². The minimum absolute atomic E-state index is 0.331. The summed E-state index contributed by atoms with van der Waals surface area (Å²) >= 11 is 0. The van der Waals surface area contributed by atoms with Crippen LogP contribution < -0.4 is 10.6 Å². The zero-order valence-corrected chi connectivity index (χ0v) is 13.9. The van der Waals surface area contributed by atoms with Crippen molar-refractivity contribution in [2.45, 2.75) is 76.7 Å². The van der Waals surface area contributed by atoms with E-state index in [1.54, 1.807) is 0 Å². The third-order valence-corrected chi connectivity index (χ3v) is 6.93. The van der Waals surface area contributed by atoms with Gasteiger partial charge in [0.25, 0.3) is 0 Å². The second kappa shape index (κ2) is 6.14. The molecule has 1 saturated heterocycles. The molecule has 3 nitrogen and oxygen atoms in total. The van der Waals surface area contributed by atoms with Crippen molar-refractivity contribution in [2.75, 3.05) is 13.1 Å². The normalized spacial score (nSPS) is 43.3. The molecule has 5 rings (SSSR count). The van der Waals surface area contributed by atoms with Gasteiger partial charge in [0, 0.05) is 19.0 Å². The van der Waals surface area contributed by atoms with Crippen molar-refractivity contribution in [2.24, 2.45) is 23.2 Å². The molecule has 1 heterocycles. The number of carbonyl (C=O) groups excluding carboxylic acids is 1. The van der Waals surface area contributed by atoms with Gasteiger partial charge in [-0.05, 0) is 87.5 Å². The summed E-state index contributed by atoms with van der Waals surface area (Å²) in [5, 5.41) is 6.79. The second-order valence-electron chi connectivity index (χ2n) is 8.88. The Kier molecular flexibility index (Phi) is 4.19. The minimum atomic E-state index is 0.331. The van der Waals surface area contributed by atoms with Crippen LogP contribution in [0.2, 0.25) is 0 Å². The highest BCUT2D eigenvalue weighted by Gasteiger charge is 2.51. The smallest absolute Gasteiger partial charge is 0.220 e. The maximum atomic E-state index is 12.4. The van der Waals surface area contributed by atoms with Gasteiger partial charge in [0.2, 0.25) is 5.91 Å². The van der Waals surface area contributed by atoms with Crippen LogP contribution in [0.1, 0.15) is 70.6 Å². The van der Waals surface area contributed by atoms with Crippen LogP contribution in [0.3, 0.4) is 0 Å². The molecule has 2 N–H and O–H groups in total. The molecular weight excluding hydrogens is 272 g/mol. The number of rotatable bonds is 5. The van der Waals surface area contributed by atoms with Crippen molar-refractivity contribution in [3.63, 3.8) is 0 Å². The van der Waals surface area contributed by atoms with E-state index in [9.17, 15) is 4.79 Å². The Balaban J connectivity index is 1.24. The fraction of sp³-hybridized carbons (Fsp3) is 0.947. The highest BCUT2D eigenvalue weighted by molar-refractivity contribution is 5.76. The molecule has 1 amide bonds. The number of nitrogens with one attached hydrogen (secondary N) is 2. The summed E-state index contributed by atoms with van der Waals surface area (Å²) in [4.78, 5) is 12.4. The van der Waals surface area contributed by atoms with Gasteiger partial charge in [0.05, 0.1) is 0 Å². The largest absolute Gasteiger partial charge is 0.356 e. The Morgan fingerprint density at radius 3 is 2.32 bits per heavy atom. The molecule has 0 aromatic carbocycles. The molecule has 0 aromatic heterocycles. The van der Waals surface area contributed by atoms with Crippen molar-refractivity contribution >= 4 is 5.91 Å². The summed E-state index contributed by atoms with van der Waals surface area (Å²) in [6, 6.07) is 0.633. The Bertz CT molecular complexity index is 378. The second-order valence-corrected chi connectivity index (χ2v) is 8.88. The fourth-order valence-electron chi connectivity index (χ4n) is 6.47. The van der Waals surface area contributed by atoms with E-state index in [0.29, 0.717) is 17.4 Å². The van der Waals surface area contributed by atoms with E-state index >= 15 is 0 Å². The molecular formula is C19H32N2O. The van der Waals surface area contributed by atoms with Crippen molar-refractivity contribution in [3.05, 3.63) is 0 Å². The predicted molar refractivity (Wildman–Crippen MR) is 88.5 cm³/mol. The standard InChI is InChI=1S/C19H32N2O/c22-18(21-6-4-17-3-1-2-5-20-17)13-19-10-14-7-15(11-19)9-16(8-14)12-19/h14-17,20H,1-13H2,(H,21,22). The monoisotopic (exact) mass is 304 g/mol. The number of piperidine rings is 1. The summed E-state index contributed by atoms with van der Waals surface area (Å²) in [7, 11) is 0. The molecule has 0 spiro atoms. The SMILES string of the molecule is O=C(CC12CC3CC(CC(C3)C1)C2)NCCC1CCCCN1. The van der Waals surface area contributed by atoms with Crippen LogP contribution in [0, 0.1) is 23.2 Å². The van der Waals surface area contributed by atoms with Gasteiger partial charge in [-0.25, -0.2) is 0 Å². The molecule has 5 fully saturated rings. The maximum absolute atomic E-state index is 12.4. The molecule has 124 valence electrons. The van der Waals surface area contributed by atoms with Gasteiger partial charge in [-0.3, -0.25) is 4.79 Å². The molecule has 22 heavy (non-hydrogen) atoms. The fourth-order valence-corrected chi connectivity index (χ4v) is 6.47. The summed E-state index contributed by atoms with van der Waals surface area (Å²) in [5.74, 6) is 3.18. The molecule has 1 aliphatic heterocycles. The van der Waals surface area contributed by atoms with Gasteiger partial charge in [-0.15, -0.1) is 0 Å². The number of amides is 1. The Labute approximate surface area is 135 Å². The van der Waals surface area contributed by atoms with E-state index < -0.39 is 0 Å². The molecule has 0 aromatic rings. The third-order valence-electron chi connectivity index (χ3n) is 6.93. The first-order chi connectivity index (χ1) is 10.7. The van der Waals surface area contributed by atoms with Crippen LogP contribution in [0.5, 0.6) is 0 Å². The molecule has 4 aliphatic carbocycles. The molecule has 3 heteroatoms. The highest BCUT2D eigenvalue weighted by Crippen LogP contribution is 2.61. The highest BCUT2D eigenvalue weighted by atomic mass is 16.1. The Morgan fingerprint density at radius 1 is 1.05 bits per heavy atom. The topological polar surface area (TPSA) is 41.1 Å². The predicted octanol–water partition coefficient (Wildman–Crippen LogP) is 3.24. The van der Waals surface area contributed by atoms with Crippen LogP contribution in [0.25, 0.3) is 0 Å². The summed E-state index contributed by atoms with van der Waals surface area (Å²) < 4.78 is 0. The number of hydrogen-bond donors (Lipinski definition) is 2. The Morgan fingerprint density at radius 2 is 1.73 bits per heavy atom.